The van der Waals surface area contributed by atoms with Crippen LogP contribution in [-0.2, 0) is 0 Å². The van der Waals surface area contributed by atoms with E-state index in [1.807, 2.05) is 0 Å². The van der Waals surface area contributed by atoms with Gasteiger partial charge < -0.3 is 0 Å². The second-order valence-electron chi connectivity index (χ2n) is 7.60. The minimum absolute atomic E-state index is 1.07. The summed E-state index contributed by atoms with van der Waals surface area (Å²) in [4.78, 5) is 0. The normalized spacial score (nSPS) is 11.0. The summed E-state index contributed by atoms with van der Waals surface area (Å²) in [5.41, 5.74) is 12.3. The molecule has 2 nitrogen and oxygen atoms in total. The molecule has 0 aliphatic carbocycles. The molecule has 0 amide bonds. The first-order chi connectivity index (χ1) is 13.5. The predicted molar refractivity (Wildman–Crippen MR) is 118 cm³/mol. The van der Waals surface area contributed by atoms with Crippen LogP contribution in [0.3, 0.4) is 0 Å². The van der Waals surface area contributed by atoms with Gasteiger partial charge in [-0.15, -0.1) is 0 Å². The highest BCUT2D eigenvalue weighted by atomic mass is 15.3. The fourth-order valence-corrected chi connectivity index (χ4v) is 4.20. The Bertz CT molecular complexity index is 1130. The van der Waals surface area contributed by atoms with Gasteiger partial charge in [0.25, 0.3) is 0 Å². The standard InChI is InChI=1S/C26H26N2/c1-17-11-9-10-14-24(17)28-21(5)26(20(4)27-28)25-18(2)15-23(16-19(25)3)22-12-7-6-8-13-22/h6-16H,1-5H3. The molecule has 0 aliphatic heterocycles. The molecular formula is C26H26N2. The monoisotopic (exact) mass is 366 g/mol. The molecule has 2 heteroatoms. The van der Waals surface area contributed by atoms with Crippen molar-refractivity contribution in [3.63, 3.8) is 0 Å². The summed E-state index contributed by atoms with van der Waals surface area (Å²) in [7, 11) is 0. The lowest BCUT2D eigenvalue weighted by atomic mass is 9.90. The fraction of sp³-hybridized carbons (Fsp3) is 0.192. The van der Waals surface area contributed by atoms with Crippen LogP contribution in [0.4, 0.5) is 0 Å². The van der Waals surface area contributed by atoms with E-state index in [-0.39, 0.29) is 0 Å². The zero-order valence-corrected chi connectivity index (χ0v) is 17.2. The van der Waals surface area contributed by atoms with E-state index < -0.39 is 0 Å². The maximum atomic E-state index is 4.90. The minimum atomic E-state index is 1.07. The van der Waals surface area contributed by atoms with E-state index >= 15 is 0 Å². The van der Waals surface area contributed by atoms with E-state index in [0.29, 0.717) is 0 Å². The third-order valence-corrected chi connectivity index (χ3v) is 5.52. The first-order valence-corrected chi connectivity index (χ1v) is 9.76. The van der Waals surface area contributed by atoms with Crippen LogP contribution in [0.5, 0.6) is 0 Å². The Morgan fingerprint density at radius 1 is 0.607 bits per heavy atom. The van der Waals surface area contributed by atoms with Gasteiger partial charge in [0, 0.05) is 11.3 Å². The van der Waals surface area contributed by atoms with Crippen LogP contribution in [0.25, 0.3) is 27.9 Å². The van der Waals surface area contributed by atoms with Crippen LogP contribution in [0.15, 0.2) is 66.7 Å². The van der Waals surface area contributed by atoms with Gasteiger partial charge in [0.05, 0.1) is 11.4 Å². The van der Waals surface area contributed by atoms with Gasteiger partial charge in [-0.3, -0.25) is 0 Å². The molecule has 0 spiro atoms. The molecule has 0 saturated carbocycles. The Morgan fingerprint density at radius 3 is 1.86 bits per heavy atom. The molecule has 4 aromatic rings. The summed E-state index contributed by atoms with van der Waals surface area (Å²) in [6.07, 6.45) is 0. The smallest absolute Gasteiger partial charge is 0.0679 e. The van der Waals surface area contributed by atoms with E-state index in [4.69, 9.17) is 5.10 Å². The van der Waals surface area contributed by atoms with Gasteiger partial charge in [0.1, 0.15) is 0 Å². The van der Waals surface area contributed by atoms with Gasteiger partial charge in [-0.2, -0.15) is 5.10 Å². The Morgan fingerprint density at radius 2 is 1.21 bits per heavy atom. The average Bonchev–Trinajstić information content (AvgIpc) is 2.97. The molecule has 0 bridgehead atoms. The van der Waals surface area contributed by atoms with Crippen molar-refractivity contribution in [3.8, 4) is 27.9 Å². The van der Waals surface area contributed by atoms with Crippen LogP contribution in [-0.4, -0.2) is 9.78 Å². The second kappa shape index (κ2) is 7.12. The summed E-state index contributed by atoms with van der Waals surface area (Å²) in [6.45, 7) is 10.8. The molecule has 0 unspecified atom stereocenters. The second-order valence-corrected chi connectivity index (χ2v) is 7.60. The molecule has 4 rings (SSSR count). The van der Waals surface area contributed by atoms with Crippen molar-refractivity contribution in [1.82, 2.24) is 9.78 Å². The van der Waals surface area contributed by atoms with Gasteiger partial charge in [0.15, 0.2) is 0 Å². The van der Waals surface area contributed by atoms with Crippen molar-refractivity contribution in [1.29, 1.82) is 0 Å². The van der Waals surface area contributed by atoms with Gasteiger partial charge in [-0.05, 0) is 74.1 Å². The molecule has 0 radical (unpaired) electrons. The summed E-state index contributed by atoms with van der Waals surface area (Å²) in [5.74, 6) is 0. The maximum absolute atomic E-state index is 4.90. The first-order valence-electron chi connectivity index (χ1n) is 9.76. The van der Waals surface area contributed by atoms with Crippen molar-refractivity contribution in [3.05, 3.63) is 94.8 Å². The molecule has 140 valence electrons. The number of para-hydroxylation sites is 1. The number of hydrogen-bond donors (Lipinski definition) is 0. The van der Waals surface area contributed by atoms with E-state index in [9.17, 15) is 0 Å². The molecule has 0 fully saturated rings. The Balaban J connectivity index is 1.88. The molecule has 0 aliphatic rings. The fourth-order valence-electron chi connectivity index (χ4n) is 4.20. The minimum Gasteiger partial charge on any atom is -0.237 e. The molecule has 0 saturated heterocycles. The van der Waals surface area contributed by atoms with Crippen molar-refractivity contribution >= 4 is 0 Å². The summed E-state index contributed by atoms with van der Waals surface area (Å²) in [5, 5.41) is 4.90. The third-order valence-electron chi connectivity index (χ3n) is 5.52. The number of hydrogen-bond acceptors (Lipinski definition) is 1. The molecule has 1 aromatic heterocycles. The highest BCUT2D eigenvalue weighted by Gasteiger charge is 2.19. The third kappa shape index (κ3) is 3.05. The highest BCUT2D eigenvalue weighted by molar-refractivity contribution is 5.79. The lowest BCUT2D eigenvalue weighted by Crippen LogP contribution is -2.01. The van der Waals surface area contributed by atoms with Crippen molar-refractivity contribution in [2.45, 2.75) is 34.6 Å². The van der Waals surface area contributed by atoms with E-state index in [1.165, 1.54) is 44.6 Å². The number of nitrogens with zero attached hydrogens (tertiary/aromatic N) is 2. The highest BCUT2D eigenvalue weighted by Crippen LogP contribution is 2.36. The van der Waals surface area contributed by atoms with Gasteiger partial charge in [0.2, 0.25) is 0 Å². The van der Waals surface area contributed by atoms with Crippen molar-refractivity contribution in [2.75, 3.05) is 0 Å². The zero-order chi connectivity index (χ0) is 19.8. The molecule has 1 heterocycles. The Labute approximate surface area is 167 Å². The van der Waals surface area contributed by atoms with Gasteiger partial charge in [-0.1, -0.05) is 60.7 Å². The molecule has 3 aromatic carbocycles. The first kappa shape index (κ1) is 18.2. The number of benzene rings is 3. The molecule has 28 heavy (non-hydrogen) atoms. The lowest BCUT2D eigenvalue weighted by molar-refractivity contribution is 0.827. The lowest BCUT2D eigenvalue weighted by Gasteiger charge is -2.14. The van der Waals surface area contributed by atoms with Gasteiger partial charge in [-0.25, -0.2) is 4.68 Å². The van der Waals surface area contributed by atoms with Crippen LogP contribution in [0.2, 0.25) is 0 Å². The largest absolute Gasteiger partial charge is 0.237 e. The zero-order valence-electron chi connectivity index (χ0n) is 17.2. The van der Waals surface area contributed by atoms with Crippen LogP contribution in [0.1, 0.15) is 28.1 Å². The summed E-state index contributed by atoms with van der Waals surface area (Å²) >= 11 is 0. The Kier molecular flexibility index (Phi) is 4.64. The predicted octanol–water partition coefficient (Wildman–Crippen LogP) is 6.75. The Hall–Kier alpha value is -3.13. The number of rotatable bonds is 3. The van der Waals surface area contributed by atoms with Crippen LogP contribution < -0.4 is 0 Å². The number of aromatic nitrogens is 2. The van der Waals surface area contributed by atoms with Gasteiger partial charge >= 0.3 is 0 Å². The molecule has 0 atom stereocenters. The van der Waals surface area contributed by atoms with Crippen LogP contribution >= 0.6 is 0 Å². The van der Waals surface area contributed by atoms with Crippen molar-refractivity contribution < 1.29 is 0 Å². The quantitative estimate of drug-likeness (QED) is 0.392. The van der Waals surface area contributed by atoms with Crippen LogP contribution in [0, 0.1) is 34.6 Å². The summed E-state index contributed by atoms with van der Waals surface area (Å²) < 4.78 is 2.09. The number of aryl methyl sites for hydroxylation is 4. The van der Waals surface area contributed by atoms with E-state index in [1.54, 1.807) is 0 Å². The molecule has 0 N–H and O–H groups in total. The topological polar surface area (TPSA) is 17.8 Å². The van der Waals surface area contributed by atoms with E-state index in [2.05, 4.69) is 106 Å². The van der Waals surface area contributed by atoms with Crippen molar-refractivity contribution in [2.24, 2.45) is 0 Å². The average molecular weight is 367 g/mol. The maximum Gasteiger partial charge on any atom is 0.0679 e. The summed E-state index contributed by atoms with van der Waals surface area (Å²) in [6, 6.07) is 23.6. The molecular weight excluding hydrogens is 340 g/mol. The van der Waals surface area contributed by atoms with E-state index in [0.717, 1.165) is 11.4 Å². The SMILES string of the molecule is Cc1ccccc1-n1nc(C)c(-c2c(C)cc(-c3ccccc3)cc2C)c1C.